The van der Waals surface area contributed by atoms with E-state index in [-0.39, 0.29) is 80.6 Å². The molecule has 6 N–H and O–H groups in total. The summed E-state index contributed by atoms with van der Waals surface area (Å²) in [4.78, 5) is 115. The first-order valence-corrected chi connectivity index (χ1v) is 30.0. The zero-order valence-electron chi connectivity index (χ0n) is 57.4. The van der Waals surface area contributed by atoms with Crippen LogP contribution in [0.3, 0.4) is 0 Å². The van der Waals surface area contributed by atoms with Crippen molar-refractivity contribution >= 4 is 46.9 Å². The highest BCUT2D eigenvalue weighted by Gasteiger charge is 2.27. The van der Waals surface area contributed by atoms with E-state index < -0.39 is 66.7 Å². The number of carbonyl (C=O) groups excluding carboxylic acids is 3. The van der Waals surface area contributed by atoms with Crippen molar-refractivity contribution in [3.05, 3.63) is 150 Å². The smallest absolute Gasteiger partial charge is 0.354 e. The van der Waals surface area contributed by atoms with E-state index in [0.29, 0.717) is 55.9 Å². The molecule has 0 saturated carbocycles. The molecule has 12 aromatic rings. The maximum Gasteiger partial charge on any atom is 0.354 e. The predicted octanol–water partition coefficient (Wildman–Crippen LogP) is 2.86. The van der Waals surface area contributed by atoms with Gasteiger partial charge in [-0.2, -0.15) is 45.5 Å². The van der Waals surface area contributed by atoms with Gasteiger partial charge in [0.15, 0.2) is 28.7 Å². The zero-order valence-corrected chi connectivity index (χ0v) is 58.2. The number of hydrogen-bond acceptors (Lipinski definition) is 32. The Hall–Kier alpha value is -13.8. The second-order valence-corrected chi connectivity index (χ2v) is 20.8. The molecular weight excluding hydrogens is 1430 g/mol. The predicted molar refractivity (Wildman–Crippen MR) is 358 cm³/mol. The topological polar surface area (TPSA) is 532 Å². The van der Waals surface area contributed by atoms with Crippen molar-refractivity contribution in [3.63, 3.8) is 0 Å². The van der Waals surface area contributed by atoms with Crippen molar-refractivity contribution in [2.24, 2.45) is 42.3 Å². The van der Waals surface area contributed by atoms with Gasteiger partial charge in [0.25, 0.3) is 0 Å². The van der Waals surface area contributed by atoms with Crippen molar-refractivity contribution in [2.45, 2.75) is 0 Å². The number of aromatic carboxylic acids is 3. The number of halogens is 3. The first-order chi connectivity index (χ1) is 50.7. The first kappa shape index (κ1) is 79.5. The molecule has 0 radical (unpaired) electrons. The van der Waals surface area contributed by atoms with Gasteiger partial charge in [0.2, 0.25) is 29.1 Å². The average Bonchev–Trinajstić information content (AvgIpc) is 1.72. The van der Waals surface area contributed by atoms with Crippen LogP contribution < -0.4 is 23.7 Å². The largest absolute Gasteiger partial charge is 0.479 e. The maximum atomic E-state index is 13.8. The maximum absolute atomic E-state index is 13.8. The van der Waals surface area contributed by atoms with Gasteiger partial charge in [-0.1, -0.05) is 11.6 Å². The third-order valence-corrected chi connectivity index (χ3v) is 14.3. The number of aliphatic hydroxyl groups is 3. The Balaban J connectivity index is 0.000000178. The first-order valence-electron chi connectivity index (χ1n) is 29.7. The molecule has 0 atom stereocenters. The Morgan fingerprint density at radius 3 is 1.06 bits per heavy atom. The van der Waals surface area contributed by atoms with E-state index >= 15 is 0 Å². The number of nitrogens with zero attached hydrogens (tertiary/aromatic N) is 24. The minimum atomic E-state index is -1.22. The molecule has 0 spiro atoms. The van der Waals surface area contributed by atoms with Gasteiger partial charge in [0.1, 0.15) is 66.0 Å². The van der Waals surface area contributed by atoms with Crippen LogP contribution in [0.5, 0.6) is 29.8 Å². The number of ether oxygens (including phenoxy) is 5. The summed E-state index contributed by atoms with van der Waals surface area (Å²) in [6.45, 7) is -1.87. The standard InChI is InChI=1S/C11H11FN4O3.C11H12N4O3.C10H9ClN4O2.C10H9FN4O3.2C10H10N4O3/c1-16-10(8(18)5-17)6(3-14-16)9-7(12)4-13-11(15-9)19-2;1-15-10(8(17)6-16)7(5-14-15)9-11(18-2)13-4-3-12-9;1-15-10(8(17)4-16)6(2-14-15)9-7(11)3-12-5-13-9;1-15-8(9(16)17)5(3-13-15)7-6(11)4-12-10(14-7)18-2;1-14-8(10(15)16)6(5-13-14)7-9(17-2)12-4-3-11-7;1-14-8(9(15)16)6(5-12-14)7-3-4-11-10(13-7)17-2/h3-4,17H,5H2,1-2H3;3-5,16H,6H2,1-2H3;2-3,5,16H,4H2,1H3;3-4H,1-2H3,(H,16,17);2*3-5H,1-2H3,(H,15,16). The molecule has 0 aliphatic carbocycles. The molecule has 12 rings (SSSR count). The molecule has 44 heteroatoms. The number of aliphatic hydroxyl groups excluding tert-OH is 3. The molecular formula is C62H61ClF2N24O17. The number of carbonyl (C=O) groups is 6. The van der Waals surface area contributed by atoms with E-state index in [0.717, 1.165) is 17.1 Å². The minimum Gasteiger partial charge on any atom is -0.479 e. The van der Waals surface area contributed by atoms with Gasteiger partial charge in [-0.15, -0.1) is 0 Å². The summed E-state index contributed by atoms with van der Waals surface area (Å²) in [6, 6.07) is 1.71. The second-order valence-electron chi connectivity index (χ2n) is 20.4. The summed E-state index contributed by atoms with van der Waals surface area (Å²) in [5.74, 6) is -5.68. The number of rotatable bonds is 20. The Labute approximate surface area is 600 Å². The van der Waals surface area contributed by atoms with Gasteiger partial charge in [0, 0.05) is 79.5 Å². The van der Waals surface area contributed by atoms with E-state index in [1.54, 1.807) is 34.3 Å². The van der Waals surface area contributed by atoms with Crippen molar-refractivity contribution in [1.29, 1.82) is 0 Å². The number of carboxylic acids is 3. The lowest BCUT2D eigenvalue weighted by Crippen LogP contribution is -2.12. The third-order valence-electron chi connectivity index (χ3n) is 14.0. The van der Waals surface area contributed by atoms with Crippen molar-refractivity contribution in [1.82, 2.24) is 118 Å². The molecule has 12 aromatic heterocycles. The van der Waals surface area contributed by atoms with Gasteiger partial charge in [-0.05, 0) is 6.07 Å². The SMILES string of the molecule is COc1ncc(F)c(-c2cnn(C)c2C(=O)CO)n1.COc1ncc(F)c(-c2cnn(C)c2C(=O)O)n1.COc1nccc(-c2cnn(C)c2C(=O)O)n1.COc1nccnc1-c1cnn(C)c1C(=O)CO.COc1nccnc1-c1cnn(C)c1C(=O)O.Cn1ncc(-c2ncncc2Cl)c1C(=O)CO. The fourth-order valence-corrected chi connectivity index (χ4v) is 9.56. The number of methoxy groups -OCH3 is 5. The molecule has 0 saturated heterocycles. The van der Waals surface area contributed by atoms with Crippen LogP contribution in [0, 0.1) is 11.6 Å². The Morgan fingerprint density at radius 1 is 0.377 bits per heavy atom. The minimum absolute atomic E-state index is 0.0253. The highest BCUT2D eigenvalue weighted by atomic mass is 35.5. The van der Waals surface area contributed by atoms with Crippen molar-refractivity contribution < 1.29 is 91.9 Å². The van der Waals surface area contributed by atoms with E-state index in [4.69, 9.17) is 65.9 Å². The number of aromatic nitrogens is 24. The normalized spacial score (nSPS) is 10.4. The van der Waals surface area contributed by atoms with Gasteiger partial charge < -0.3 is 54.3 Å². The fraction of sp³-hybridized carbons (Fsp3) is 0.226. The summed E-state index contributed by atoms with van der Waals surface area (Å²) in [5.41, 5.74) is 4.02. The number of Topliss-reactive ketones (excluding diaryl/α,β-unsaturated/α-hetero) is 3. The van der Waals surface area contributed by atoms with E-state index in [9.17, 15) is 37.5 Å². The van der Waals surface area contributed by atoms with Gasteiger partial charge in [-0.3, -0.25) is 42.5 Å². The van der Waals surface area contributed by atoms with Crippen LogP contribution in [-0.4, -0.2) is 240 Å². The van der Waals surface area contributed by atoms with E-state index in [1.165, 1.54) is 154 Å². The lowest BCUT2D eigenvalue weighted by Gasteiger charge is -2.06. The molecule has 0 amide bonds. The summed E-state index contributed by atoms with van der Waals surface area (Å²) in [6.07, 6.45) is 20.4. The molecule has 552 valence electrons. The van der Waals surface area contributed by atoms with Crippen LogP contribution >= 0.6 is 11.6 Å². The molecule has 0 aliphatic rings. The van der Waals surface area contributed by atoms with Crippen LogP contribution in [0.2, 0.25) is 5.02 Å². The molecule has 12 heterocycles. The molecule has 41 nitrogen and oxygen atoms in total. The van der Waals surface area contributed by atoms with Gasteiger partial charge in [-0.25, -0.2) is 68.0 Å². The molecule has 0 aromatic carbocycles. The molecule has 0 bridgehead atoms. The highest BCUT2D eigenvalue weighted by Crippen LogP contribution is 2.32. The monoisotopic (exact) mass is 1490 g/mol. The van der Waals surface area contributed by atoms with E-state index in [2.05, 4.69) is 90.4 Å². The van der Waals surface area contributed by atoms with E-state index in [1.807, 2.05) is 0 Å². The second kappa shape index (κ2) is 36.7. The fourth-order valence-electron chi connectivity index (χ4n) is 9.35. The molecule has 0 unspecified atom stereocenters. The van der Waals surface area contributed by atoms with Crippen LogP contribution in [0.1, 0.15) is 62.9 Å². The van der Waals surface area contributed by atoms with Crippen molar-refractivity contribution in [2.75, 3.05) is 55.4 Å². The number of hydrogen-bond donors (Lipinski definition) is 6. The molecule has 0 fully saturated rings. The van der Waals surface area contributed by atoms with Crippen LogP contribution in [0.25, 0.3) is 67.5 Å². The number of aryl methyl sites for hydroxylation is 6. The lowest BCUT2D eigenvalue weighted by atomic mass is 10.1. The third kappa shape index (κ3) is 18.5. The van der Waals surface area contributed by atoms with Crippen LogP contribution in [0.4, 0.5) is 8.78 Å². The average molecular weight is 1490 g/mol. The Bertz CT molecular complexity index is 5140. The highest BCUT2D eigenvalue weighted by molar-refractivity contribution is 6.33. The van der Waals surface area contributed by atoms with Gasteiger partial charge in [0.05, 0.1) is 135 Å². The lowest BCUT2D eigenvalue weighted by molar-refractivity contribution is 0.0675. The number of ketones is 3. The molecule has 0 aliphatic heterocycles. The van der Waals surface area contributed by atoms with Crippen LogP contribution in [0.15, 0.2) is 99.1 Å². The van der Waals surface area contributed by atoms with Crippen molar-refractivity contribution in [3.8, 4) is 97.3 Å². The van der Waals surface area contributed by atoms with Crippen LogP contribution in [-0.2, 0) is 42.3 Å². The summed E-state index contributed by atoms with van der Waals surface area (Å²) >= 11 is 5.95. The summed E-state index contributed by atoms with van der Waals surface area (Å²) in [7, 11) is 16.4. The zero-order chi connectivity index (χ0) is 77.6. The summed E-state index contributed by atoms with van der Waals surface area (Å²) < 4.78 is 59.7. The summed E-state index contributed by atoms with van der Waals surface area (Å²) in [5, 5.41) is 77.8. The number of carboxylic acid groups (broad SMARTS) is 3. The van der Waals surface area contributed by atoms with Gasteiger partial charge >= 0.3 is 35.9 Å². The Kier molecular flexibility index (Phi) is 27.5. The quantitative estimate of drug-likeness (QED) is 0.0597. The molecule has 106 heavy (non-hydrogen) atoms. The Morgan fingerprint density at radius 2 is 0.698 bits per heavy atom.